The molecule has 0 aliphatic heterocycles. The third-order valence-corrected chi connectivity index (χ3v) is 6.14. The summed E-state index contributed by atoms with van der Waals surface area (Å²) in [4.78, 5) is 12.8. The second-order valence-electron chi connectivity index (χ2n) is 7.66. The summed E-state index contributed by atoms with van der Waals surface area (Å²) < 4.78 is 5.81. The van der Waals surface area contributed by atoms with E-state index in [4.69, 9.17) is 4.42 Å². The Hall–Kier alpha value is -2.60. The van der Waals surface area contributed by atoms with Crippen LogP contribution in [0.1, 0.15) is 48.1 Å². The van der Waals surface area contributed by atoms with Gasteiger partial charge in [-0.25, -0.2) is 0 Å². The van der Waals surface area contributed by atoms with Crippen molar-refractivity contribution < 1.29 is 9.21 Å². The largest absolute Gasteiger partial charge is 0.411 e. The molecule has 1 heterocycles. The Labute approximate surface area is 175 Å². The van der Waals surface area contributed by atoms with Crippen LogP contribution in [-0.2, 0) is 11.2 Å². The van der Waals surface area contributed by atoms with E-state index in [2.05, 4.69) is 39.8 Å². The third kappa shape index (κ3) is 4.53. The number of nitrogens with zero attached hydrogens (tertiary/aromatic N) is 2. The van der Waals surface area contributed by atoms with Crippen molar-refractivity contribution in [2.24, 2.45) is 0 Å². The molecule has 2 aromatic carbocycles. The van der Waals surface area contributed by atoms with Gasteiger partial charge in [0.05, 0.1) is 11.3 Å². The lowest BCUT2D eigenvalue weighted by molar-refractivity contribution is -0.121. The van der Waals surface area contributed by atoms with Crippen molar-refractivity contribution in [2.75, 3.05) is 0 Å². The molecule has 2 atom stereocenters. The van der Waals surface area contributed by atoms with Crippen molar-refractivity contribution in [2.45, 2.75) is 56.5 Å². The number of carbonyl (C=O) groups is 1. The van der Waals surface area contributed by atoms with Gasteiger partial charge in [0.1, 0.15) is 0 Å². The molecule has 0 fully saturated rings. The average molecular weight is 408 g/mol. The second kappa shape index (κ2) is 8.41. The predicted octanol–water partition coefficient (Wildman–Crippen LogP) is 5.03. The molecule has 0 saturated heterocycles. The van der Waals surface area contributed by atoms with E-state index in [1.54, 1.807) is 0 Å². The van der Waals surface area contributed by atoms with Gasteiger partial charge in [0.2, 0.25) is 11.8 Å². The number of nitrogens with one attached hydrogen (secondary N) is 1. The lowest BCUT2D eigenvalue weighted by atomic mass is 9.88. The molecule has 0 saturated carbocycles. The number of amides is 1. The van der Waals surface area contributed by atoms with Crippen LogP contribution in [0.4, 0.5) is 0 Å². The molecule has 0 unspecified atom stereocenters. The molecule has 150 valence electrons. The summed E-state index contributed by atoms with van der Waals surface area (Å²) >= 11 is 1.29. The van der Waals surface area contributed by atoms with Crippen LogP contribution in [0.3, 0.4) is 0 Å². The summed E-state index contributed by atoms with van der Waals surface area (Å²) in [5, 5.41) is 11.6. The summed E-state index contributed by atoms with van der Waals surface area (Å²) in [7, 11) is 0. The summed E-state index contributed by atoms with van der Waals surface area (Å²) in [6.45, 7) is 5.95. The minimum atomic E-state index is -0.323. The van der Waals surface area contributed by atoms with Gasteiger partial charge in [-0.15, -0.1) is 10.2 Å². The van der Waals surface area contributed by atoms with E-state index in [9.17, 15) is 4.79 Å². The third-order valence-electron chi connectivity index (χ3n) is 5.21. The molecule has 1 aliphatic rings. The first-order chi connectivity index (χ1) is 14.0. The van der Waals surface area contributed by atoms with E-state index < -0.39 is 0 Å². The number of hydrogen-bond donors (Lipinski definition) is 1. The highest BCUT2D eigenvalue weighted by molar-refractivity contribution is 8.00. The Kier molecular flexibility index (Phi) is 5.72. The first kappa shape index (κ1) is 19.7. The Morgan fingerprint density at radius 3 is 2.72 bits per heavy atom. The number of aromatic nitrogens is 2. The maximum Gasteiger partial charge on any atom is 0.277 e. The van der Waals surface area contributed by atoms with Crippen molar-refractivity contribution in [3.8, 4) is 11.5 Å². The zero-order valence-electron chi connectivity index (χ0n) is 16.9. The highest BCUT2D eigenvalue weighted by Gasteiger charge is 2.25. The first-order valence-corrected chi connectivity index (χ1v) is 10.8. The Balaban J connectivity index is 1.42. The van der Waals surface area contributed by atoms with Crippen molar-refractivity contribution in [3.05, 3.63) is 64.7 Å². The number of benzene rings is 2. The Morgan fingerprint density at radius 1 is 1.17 bits per heavy atom. The van der Waals surface area contributed by atoms with E-state index in [0.29, 0.717) is 11.1 Å². The van der Waals surface area contributed by atoms with Gasteiger partial charge in [-0.2, -0.15) is 0 Å². The number of rotatable bonds is 5. The molecule has 1 amide bonds. The molecule has 5 nitrogen and oxygen atoms in total. The van der Waals surface area contributed by atoms with Crippen molar-refractivity contribution in [3.63, 3.8) is 0 Å². The van der Waals surface area contributed by atoms with Gasteiger partial charge in [-0.05, 0) is 63.3 Å². The molecule has 4 rings (SSSR count). The Bertz CT molecular complexity index is 1010. The molecule has 0 radical (unpaired) electrons. The minimum absolute atomic E-state index is 0.0112. The zero-order chi connectivity index (χ0) is 20.4. The highest BCUT2D eigenvalue weighted by atomic mass is 32.2. The van der Waals surface area contributed by atoms with Gasteiger partial charge in [0.25, 0.3) is 5.22 Å². The van der Waals surface area contributed by atoms with Gasteiger partial charge in [-0.3, -0.25) is 4.79 Å². The number of fused-ring (bicyclic) bond motifs is 1. The van der Waals surface area contributed by atoms with Gasteiger partial charge in [0.15, 0.2) is 0 Å². The van der Waals surface area contributed by atoms with Gasteiger partial charge in [0, 0.05) is 5.56 Å². The monoisotopic (exact) mass is 407 g/mol. The zero-order valence-corrected chi connectivity index (χ0v) is 17.8. The van der Waals surface area contributed by atoms with Gasteiger partial charge < -0.3 is 9.73 Å². The molecule has 0 spiro atoms. The molecule has 6 heteroatoms. The SMILES string of the molecule is Cc1cc(C)cc(-c2nnc(S[C@@H](C)C(=O)N[C@H]3CCCc4ccccc43)o2)c1. The van der Waals surface area contributed by atoms with Crippen LogP contribution in [0, 0.1) is 13.8 Å². The topological polar surface area (TPSA) is 68.0 Å². The lowest BCUT2D eigenvalue weighted by Gasteiger charge is -2.27. The maximum atomic E-state index is 12.8. The van der Waals surface area contributed by atoms with Gasteiger partial charge >= 0.3 is 0 Å². The van der Waals surface area contributed by atoms with Crippen molar-refractivity contribution in [1.82, 2.24) is 15.5 Å². The van der Waals surface area contributed by atoms with Crippen LogP contribution >= 0.6 is 11.8 Å². The number of aryl methyl sites for hydroxylation is 3. The standard InChI is InChI=1S/C23H25N3O2S/c1-14-11-15(2)13-18(12-14)22-25-26-23(28-22)29-16(3)21(27)24-20-10-6-8-17-7-4-5-9-19(17)20/h4-5,7,9,11-13,16,20H,6,8,10H2,1-3H3,(H,24,27)/t16-,20-/m0/s1. The van der Waals surface area contributed by atoms with Crippen LogP contribution in [0.15, 0.2) is 52.1 Å². The van der Waals surface area contributed by atoms with Crippen LogP contribution in [0.2, 0.25) is 0 Å². The Morgan fingerprint density at radius 2 is 1.93 bits per heavy atom. The van der Waals surface area contributed by atoms with E-state index in [-0.39, 0.29) is 17.2 Å². The van der Waals surface area contributed by atoms with E-state index in [1.807, 2.05) is 39.0 Å². The molecule has 3 aromatic rings. The number of carbonyl (C=O) groups excluding carboxylic acids is 1. The van der Waals surface area contributed by atoms with Crippen molar-refractivity contribution in [1.29, 1.82) is 0 Å². The molecular formula is C23H25N3O2S. The second-order valence-corrected chi connectivity index (χ2v) is 8.95. The normalized spacial score (nSPS) is 16.9. The summed E-state index contributed by atoms with van der Waals surface area (Å²) in [5.74, 6) is 0.468. The quantitative estimate of drug-likeness (QED) is 0.601. The molecule has 0 bridgehead atoms. The molecule has 1 aromatic heterocycles. The molecular weight excluding hydrogens is 382 g/mol. The number of thioether (sulfide) groups is 1. The van der Waals surface area contributed by atoms with E-state index in [0.717, 1.165) is 36.0 Å². The smallest absolute Gasteiger partial charge is 0.277 e. The molecule has 1 N–H and O–H groups in total. The van der Waals surface area contributed by atoms with Gasteiger partial charge in [-0.1, -0.05) is 53.2 Å². The van der Waals surface area contributed by atoms with E-state index in [1.165, 1.54) is 22.9 Å². The first-order valence-electron chi connectivity index (χ1n) is 9.96. The fourth-order valence-corrected chi connectivity index (χ4v) is 4.56. The van der Waals surface area contributed by atoms with Crippen LogP contribution in [0.25, 0.3) is 11.5 Å². The predicted molar refractivity (Wildman–Crippen MR) is 115 cm³/mol. The minimum Gasteiger partial charge on any atom is -0.411 e. The molecule has 1 aliphatic carbocycles. The summed E-state index contributed by atoms with van der Waals surface area (Å²) in [5.41, 5.74) is 5.76. The summed E-state index contributed by atoms with van der Waals surface area (Å²) in [6.07, 6.45) is 3.14. The van der Waals surface area contributed by atoms with Crippen LogP contribution in [-0.4, -0.2) is 21.4 Å². The van der Waals surface area contributed by atoms with Crippen LogP contribution in [0.5, 0.6) is 0 Å². The lowest BCUT2D eigenvalue weighted by Crippen LogP contribution is -2.35. The fraction of sp³-hybridized carbons (Fsp3) is 0.348. The highest BCUT2D eigenvalue weighted by Crippen LogP contribution is 2.31. The number of hydrogen-bond acceptors (Lipinski definition) is 5. The average Bonchev–Trinajstić information content (AvgIpc) is 3.16. The van der Waals surface area contributed by atoms with Crippen LogP contribution < -0.4 is 5.32 Å². The maximum absolute atomic E-state index is 12.8. The van der Waals surface area contributed by atoms with Crippen molar-refractivity contribution >= 4 is 17.7 Å². The fourth-order valence-electron chi connectivity index (χ4n) is 3.87. The molecule has 29 heavy (non-hydrogen) atoms. The van der Waals surface area contributed by atoms with E-state index >= 15 is 0 Å². The summed E-state index contributed by atoms with van der Waals surface area (Å²) in [6, 6.07) is 14.6.